The van der Waals surface area contributed by atoms with Crippen LogP contribution in [0.1, 0.15) is 12.8 Å². The molecule has 120 valence electrons. The van der Waals surface area contributed by atoms with E-state index in [9.17, 15) is 4.79 Å². The van der Waals surface area contributed by atoms with E-state index in [1.807, 2.05) is 11.0 Å². The highest BCUT2D eigenvalue weighted by molar-refractivity contribution is 7.80. The van der Waals surface area contributed by atoms with Crippen LogP contribution in [0.5, 0.6) is 5.88 Å². The van der Waals surface area contributed by atoms with E-state index in [2.05, 4.69) is 10.3 Å². The number of pyridine rings is 1. The number of rotatable bonds is 3. The van der Waals surface area contributed by atoms with Gasteiger partial charge in [-0.15, -0.1) is 0 Å². The Kier molecular flexibility index (Phi) is 5.37. The molecular formula is C14H20N4O3S. The van der Waals surface area contributed by atoms with Crippen molar-refractivity contribution < 1.29 is 14.6 Å². The first-order chi connectivity index (χ1) is 10.5. The van der Waals surface area contributed by atoms with Gasteiger partial charge in [0.25, 0.3) is 0 Å². The molecule has 0 saturated carbocycles. The van der Waals surface area contributed by atoms with Crippen LogP contribution in [0.3, 0.4) is 0 Å². The maximum absolute atomic E-state index is 11.0. The molecular weight excluding hydrogens is 304 g/mol. The average Bonchev–Trinajstić information content (AvgIpc) is 2.55. The molecule has 0 spiro atoms. The number of likely N-dealkylation sites (tertiary alicyclic amines) is 1. The Morgan fingerprint density at radius 3 is 2.68 bits per heavy atom. The lowest BCUT2D eigenvalue weighted by atomic mass is 10.0. The normalized spacial score (nSPS) is 15.3. The van der Waals surface area contributed by atoms with Gasteiger partial charge in [0.05, 0.1) is 19.0 Å². The van der Waals surface area contributed by atoms with Crippen LogP contribution in [-0.4, -0.2) is 64.4 Å². The van der Waals surface area contributed by atoms with E-state index in [1.54, 1.807) is 26.4 Å². The number of nitrogens with one attached hydrogen (secondary N) is 1. The molecule has 8 heteroatoms. The van der Waals surface area contributed by atoms with Crippen LogP contribution in [0, 0.1) is 0 Å². The third-order valence-electron chi connectivity index (χ3n) is 3.80. The van der Waals surface area contributed by atoms with E-state index < -0.39 is 6.09 Å². The number of hydrogen-bond donors (Lipinski definition) is 2. The summed E-state index contributed by atoms with van der Waals surface area (Å²) in [6.07, 6.45) is 2.32. The second-order valence-electron chi connectivity index (χ2n) is 5.13. The molecule has 7 nitrogen and oxygen atoms in total. The van der Waals surface area contributed by atoms with Gasteiger partial charge in [0.1, 0.15) is 0 Å². The van der Waals surface area contributed by atoms with E-state index >= 15 is 0 Å². The van der Waals surface area contributed by atoms with Gasteiger partial charge in [0.15, 0.2) is 5.11 Å². The Balaban J connectivity index is 1.85. The van der Waals surface area contributed by atoms with Crippen LogP contribution in [0.25, 0.3) is 0 Å². The topological polar surface area (TPSA) is 77.9 Å². The SMILES string of the molecule is COc1ccc(NC(=S)N2CCC(N(C)C(=O)O)CC2)cn1. The standard InChI is InChI=1S/C14H20N4O3S/c1-17(14(19)20)11-5-7-18(8-6-11)13(22)16-10-3-4-12(21-2)15-9-10/h3-4,9,11H,5-8H2,1-2H3,(H,16,22)(H,19,20). The third-order valence-corrected chi connectivity index (χ3v) is 4.16. The van der Waals surface area contributed by atoms with Crippen LogP contribution in [0.15, 0.2) is 18.3 Å². The molecule has 0 unspecified atom stereocenters. The molecule has 2 heterocycles. The van der Waals surface area contributed by atoms with Gasteiger partial charge in [-0.1, -0.05) is 0 Å². The highest BCUT2D eigenvalue weighted by atomic mass is 32.1. The Hall–Kier alpha value is -2.09. The van der Waals surface area contributed by atoms with Crippen molar-refractivity contribution in [2.24, 2.45) is 0 Å². The Bertz CT molecular complexity index is 529. The zero-order valence-corrected chi connectivity index (χ0v) is 13.5. The zero-order chi connectivity index (χ0) is 16.1. The molecule has 1 amide bonds. The number of piperidine rings is 1. The lowest BCUT2D eigenvalue weighted by Gasteiger charge is -2.36. The quantitative estimate of drug-likeness (QED) is 0.822. The van der Waals surface area contributed by atoms with E-state index in [0.717, 1.165) is 31.6 Å². The van der Waals surface area contributed by atoms with Gasteiger partial charge in [-0.3, -0.25) is 0 Å². The lowest BCUT2D eigenvalue weighted by molar-refractivity contribution is 0.119. The Labute approximate surface area is 134 Å². The van der Waals surface area contributed by atoms with Crippen LogP contribution in [-0.2, 0) is 0 Å². The highest BCUT2D eigenvalue weighted by Crippen LogP contribution is 2.17. The molecule has 2 rings (SSSR count). The molecule has 0 radical (unpaired) electrons. The fourth-order valence-corrected chi connectivity index (χ4v) is 2.69. The second kappa shape index (κ2) is 7.26. The van der Waals surface area contributed by atoms with E-state index in [1.165, 1.54) is 4.90 Å². The Morgan fingerprint density at radius 2 is 2.18 bits per heavy atom. The van der Waals surface area contributed by atoms with Gasteiger partial charge in [0.2, 0.25) is 5.88 Å². The molecule has 1 aromatic rings. The van der Waals surface area contributed by atoms with Gasteiger partial charge >= 0.3 is 6.09 Å². The van der Waals surface area contributed by atoms with Crippen LogP contribution in [0.2, 0.25) is 0 Å². The molecule has 0 aliphatic carbocycles. The molecule has 1 aliphatic heterocycles. The summed E-state index contributed by atoms with van der Waals surface area (Å²) in [7, 11) is 3.18. The maximum Gasteiger partial charge on any atom is 0.407 e. The van der Waals surface area contributed by atoms with Gasteiger partial charge in [-0.05, 0) is 31.1 Å². The summed E-state index contributed by atoms with van der Waals surface area (Å²) < 4.78 is 5.01. The molecule has 0 bridgehead atoms. The fraction of sp³-hybridized carbons (Fsp3) is 0.500. The molecule has 22 heavy (non-hydrogen) atoms. The minimum Gasteiger partial charge on any atom is -0.481 e. The molecule has 1 aliphatic rings. The highest BCUT2D eigenvalue weighted by Gasteiger charge is 2.26. The first kappa shape index (κ1) is 16.3. The molecule has 1 aromatic heterocycles. The molecule has 0 aromatic carbocycles. The van der Waals surface area contributed by atoms with Crippen molar-refractivity contribution in [2.75, 3.05) is 32.6 Å². The maximum atomic E-state index is 11.0. The van der Waals surface area contributed by atoms with E-state index in [0.29, 0.717) is 11.0 Å². The van der Waals surface area contributed by atoms with Crippen LogP contribution in [0.4, 0.5) is 10.5 Å². The predicted octanol–water partition coefficient (Wildman–Crippen LogP) is 1.86. The van der Waals surface area contributed by atoms with E-state index in [-0.39, 0.29) is 6.04 Å². The van der Waals surface area contributed by atoms with Gasteiger partial charge in [0, 0.05) is 32.2 Å². The number of nitrogens with zero attached hydrogens (tertiary/aromatic N) is 3. The zero-order valence-electron chi connectivity index (χ0n) is 12.7. The number of ether oxygens (including phenoxy) is 1. The van der Waals surface area contributed by atoms with Crippen molar-refractivity contribution in [3.05, 3.63) is 18.3 Å². The predicted molar refractivity (Wildman–Crippen MR) is 87.4 cm³/mol. The summed E-state index contributed by atoms with van der Waals surface area (Å²) >= 11 is 5.40. The molecule has 0 atom stereocenters. The second-order valence-corrected chi connectivity index (χ2v) is 5.52. The minimum atomic E-state index is -0.886. The Morgan fingerprint density at radius 1 is 1.50 bits per heavy atom. The molecule has 1 fully saturated rings. The van der Waals surface area contributed by atoms with Crippen molar-refractivity contribution in [3.8, 4) is 5.88 Å². The van der Waals surface area contributed by atoms with Crippen molar-refractivity contribution in [1.29, 1.82) is 0 Å². The van der Waals surface area contributed by atoms with Gasteiger partial charge < -0.3 is 25.0 Å². The van der Waals surface area contributed by atoms with Gasteiger partial charge in [-0.25, -0.2) is 9.78 Å². The summed E-state index contributed by atoms with van der Waals surface area (Å²) in [6.45, 7) is 1.47. The van der Waals surface area contributed by atoms with Crippen LogP contribution >= 0.6 is 12.2 Å². The summed E-state index contributed by atoms with van der Waals surface area (Å²) in [5.74, 6) is 0.550. The number of thiocarbonyl (C=S) groups is 1. The summed E-state index contributed by atoms with van der Waals surface area (Å²) in [6, 6.07) is 3.67. The number of amides is 1. The number of methoxy groups -OCH3 is 1. The summed E-state index contributed by atoms with van der Waals surface area (Å²) in [5, 5.41) is 12.8. The first-order valence-corrected chi connectivity index (χ1v) is 7.44. The summed E-state index contributed by atoms with van der Waals surface area (Å²) in [5.41, 5.74) is 0.801. The van der Waals surface area contributed by atoms with Crippen molar-refractivity contribution in [2.45, 2.75) is 18.9 Å². The average molecular weight is 324 g/mol. The van der Waals surface area contributed by atoms with Crippen LogP contribution < -0.4 is 10.1 Å². The largest absolute Gasteiger partial charge is 0.481 e. The van der Waals surface area contributed by atoms with Crippen molar-refractivity contribution in [1.82, 2.24) is 14.8 Å². The third kappa shape index (κ3) is 3.97. The van der Waals surface area contributed by atoms with E-state index in [4.69, 9.17) is 22.1 Å². The number of hydrogen-bond acceptors (Lipinski definition) is 4. The number of anilines is 1. The molecule has 1 saturated heterocycles. The number of aromatic nitrogens is 1. The molecule has 2 N–H and O–H groups in total. The first-order valence-electron chi connectivity index (χ1n) is 7.03. The number of carboxylic acid groups (broad SMARTS) is 1. The fourth-order valence-electron chi connectivity index (χ4n) is 2.39. The lowest BCUT2D eigenvalue weighted by Crippen LogP contribution is -2.48. The number of carbonyl (C=O) groups is 1. The summed E-state index contributed by atoms with van der Waals surface area (Å²) in [4.78, 5) is 18.5. The van der Waals surface area contributed by atoms with Crippen molar-refractivity contribution >= 4 is 29.1 Å². The van der Waals surface area contributed by atoms with Gasteiger partial charge in [-0.2, -0.15) is 0 Å². The monoisotopic (exact) mass is 324 g/mol. The van der Waals surface area contributed by atoms with Crippen molar-refractivity contribution in [3.63, 3.8) is 0 Å². The minimum absolute atomic E-state index is 0.0548. The smallest absolute Gasteiger partial charge is 0.407 e.